The molecule has 2 heterocycles. The number of anilines is 1. The molecule has 0 unspecified atom stereocenters. The zero-order chi connectivity index (χ0) is 18.1. The largest absolute Gasteiger partial charge is 0.322 e. The van der Waals surface area contributed by atoms with E-state index in [2.05, 4.69) is 15.4 Å². The Balaban J connectivity index is 1.65. The number of halogens is 1. The first-order valence-corrected chi connectivity index (χ1v) is 8.09. The van der Waals surface area contributed by atoms with Crippen LogP contribution in [0.15, 0.2) is 66.9 Å². The van der Waals surface area contributed by atoms with Crippen LogP contribution in [0.1, 0.15) is 16.1 Å². The Bertz CT molecular complexity index is 1120. The van der Waals surface area contributed by atoms with Crippen LogP contribution in [0.25, 0.3) is 16.7 Å². The summed E-state index contributed by atoms with van der Waals surface area (Å²) in [6.45, 7) is 1.80. The number of fused-ring (bicyclic) bond motifs is 1. The van der Waals surface area contributed by atoms with Crippen molar-refractivity contribution in [2.75, 3.05) is 5.32 Å². The average Bonchev–Trinajstić information content (AvgIpc) is 3.03. The lowest BCUT2D eigenvalue weighted by Gasteiger charge is -2.07. The van der Waals surface area contributed by atoms with Gasteiger partial charge in [0.1, 0.15) is 5.82 Å². The van der Waals surface area contributed by atoms with Crippen molar-refractivity contribution >= 4 is 22.5 Å². The highest BCUT2D eigenvalue weighted by Crippen LogP contribution is 2.18. The van der Waals surface area contributed by atoms with E-state index in [0.29, 0.717) is 22.8 Å². The van der Waals surface area contributed by atoms with E-state index in [0.717, 1.165) is 10.9 Å². The molecule has 1 amide bonds. The minimum atomic E-state index is -0.407. The van der Waals surface area contributed by atoms with Gasteiger partial charge < -0.3 is 5.32 Å². The van der Waals surface area contributed by atoms with Crippen LogP contribution in [0.5, 0.6) is 0 Å². The maximum atomic E-state index is 13.3. The number of para-hydroxylation sites is 1. The fourth-order valence-corrected chi connectivity index (χ4v) is 2.80. The standard InChI is InChI=1S/C20H15FN4O/c1-13-17(20(26)23-16-7-4-6-15(21)11-16)12-22-25(13)19-10-9-14-5-2-3-8-18(14)24-19/h2-12H,1H3,(H,23,26). The molecular weight excluding hydrogens is 331 g/mol. The van der Waals surface area contributed by atoms with Crippen LogP contribution in [-0.2, 0) is 0 Å². The van der Waals surface area contributed by atoms with Crippen molar-refractivity contribution in [1.82, 2.24) is 14.8 Å². The lowest BCUT2D eigenvalue weighted by molar-refractivity contribution is 0.102. The number of aromatic nitrogens is 3. The minimum Gasteiger partial charge on any atom is -0.322 e. The highest BCUT2D eigenvalue weighted by molar-refractivity contribution is 6.05. The molecule has 2 aromatic heterocycles. The smallest absolute Gasteiger partial charge is 0.259 e. The van der Waals surface area contributed by atoms with Gasteiger partial charge >= 0.3 is 0 Å². The van der Waals surface area contributed by atoms with Gasteiger partial charge in [-0.2, -0.15) is 5.10 Å². The van der Waals surface area contributed by atoms with E-state index in [1.54, 1.807) is 23.7 Å². The SMILES string of the molecule is Cc1c(C(=O)Nc2cccc(F)c2)cnn1-c1ccc2ccccc2n1. The molecular formula is C20H15FN4O. The molecule has 0 aliphatic heterocycles. The van der Waals surface area contributed by atoms with Gasteiger partial charge in [0.15, 0.2) is 5.82 Å². The van der Waals surface area contributed by atoms with Gasteiger partial charge in [0, 0.05) is 11.1 Å². The summed E-state index contributed by atoms with van der Waals surface area (Å²) in [6, 6.07) is 17.4. The van der Waals surface area contributed by atoms with Gasteiger partial charge in [-0.3, -0.25) is 4.79 Å². The third kappa shape index (κ3) is 2.93. The predicted octanol–water partition coefficient (Wildman–Crippen LogP) is 4.12. The molecule has 0 fully saturated rings. The number of rotatable bonds is 3. The van der Waals surface area contributed by atoms with Crippen LogP contribution in [0.4, 0.5) is 10.1 Å². The average molecular weight is 346 g/mol. The quantitative estimate of drug-likeness (QED) is 0.607. The third-order valence-electron chi connectivity index (χ3n) is 4.14. The molecule has 128 valence electrons. The normalized spacial score (nSPS) is 10.8. The molecule has 5 nitrogen and oxygen atoms in total. The van der Waals surface area contributed by atoms with E-state index in [1.807, 2.05) is 36.4 Å². The number of nitrogens with zero attached hydrogens (tertiary/aromatic N) is 3. The van der Waals surface area contributed by atoms with Crippen molar-refractivity contribution in [2.24, 2.45) is 0 Å². The van der Waals surface area contributed by atoms with Crippen LogP contribution in [-0.4, -0.2) is 20.7 Å². The van der Waals surface area contributed by atoms with E-state index in [-0.39, 0.29) is 5.91 Å². The van der Waals surface area contributed by atoms with Gasteiger partial charge in [-0.1, -0.05) is 24.3 Å². The van der Waals surface area contributed by atoms with Crippen molar-refractivity contribution < 1.29 is 9.18 Å². The van der Waals surface area contributed by atoms with Crippen molar-refractivity contribution in [3.8, 4) is 5.82 Å². The number of hydrogen-bond acceptors (Lipinski definition) is 3. The summed E-state index contributed by atoms with van der Waals surface area (Å²) in [5.74, 6) is -0.123. The number of carbonyl (C=O) groups excluding carboxylic acids is 1. The zero-order valence-corrected chi connectivity index (χ0v) is 14.0. The molecule has 0 aliphatic carbocycles. The number of pyridine rings is 1. The number of benzene rings is 2. The first-order chi connectivity index (χ1) is 12.6. The maximum absolute atomic E-state index is 13.3. The number of amides is 1. The van der Waals surface area contributed by atoms with Crippen LogP contribution < -0.4 is 5.32 Å². The maximum Gasteiger partial charge on any atom is 0.259 e. The lowest BCUT2D eigenvalue weighted by atomic mass is 10.2. The Morgan fingerprint density at radius 3 is 2.77 bits per heavy atom. The van der Waals surface area contributed by atoms with Crippen LogP contribution in [0.3, 0.4) is 0 Å². The first-order valence-electron chi connectivity index (χ1n) is 8.09. The topological polar surface area (TPSA) is 59.8 Å². The van der Waals surface area contributed by atoms with Gasteiger partial charge in [-0.15, -0.1) is 0 Å². The molecule has 0 saturated carbocycles. The third-order valence-corrected chi connectivity index (χ3v) is 4.14. The van der Waals surface area contributed by atoms with Gasteiger partial charge in [0.05, 0.1) is 23.0 Å². The number of hydrogen-bond donors (Lipinski definition) is 1. The van der Waals surface area contributed by atoms with E-state index >= 15 is 0 Å². The Hall–Kier alpha value is -3.54. The molecule has 0 aliphatic rings. The van der Waals surface area contributed by atoms with Gasteiger partial charge in [0.25, 0.3) is 5.91 Å². The summed E-state index contributed by atoms with van der Waals surface area (Å²) in [6.07, 6.45) is 1.49. The highest BCUT2D eigenvalue weighted by Gasteiger charge is 2.16. The first kappa shape index (κ1) is 16.0. The summed E-state index contributed by atoms with van der Waals surface area (Å²) < 4.78 is 14.9. The zero-order valence-electron chi connectivity index (χ0n) is 14.0. The summed E-state index contributed by atoms with van der Waals surface area (Å²) in [4.78, 5) is 17.1. The molecule has 4 rings (SSSR count). The molecule has 0 atom stereocenters. The van der Waals surface area contributed by atoms with Crippen LogP contribution >= 0.6 is 0 Å². The Morgan fingerprint density at radius 1 is 1.08 bits per heavy atom. The molecule has 2 aromatic carbocycles. The van der Waals surface area contributed by atoms with Crippen molar-refractivity contribution in [2.45, 2.75) is 6.92 Å². The number of nitrogens with one attached hydrogen (secondary N) is 1. The second kappa shape index (κ2) is 6.40. The highest BCUT2D eigenvalue weighted by atomic mass is 19.1. The van der Waals surface area contributed by atoms with Crippen molar-refractivity contribution in [3.05, 3.63) is 83.9 Å². The van der Waals surface area contributed by atoms with Gasteiger partial charge in [0.2, 0.25) is 0 Å². The van der Waals surface area contributed by atoms with E-state index in [9.17, 15) is 9.18 Å². The molecule has 0 bridgehead atoms. The molecule has 26 heavy (non-hydrogen) atoms. The van der Waals surface area contributed by atoms with E-state index in [4.69, 9.17) is 0 Å². The molecule has 1 N–H and O–H groups in total. The molecule has 4 aromatic rings. The van der Waals surface area contributed by atoms with Crippen LogP contribution in [0, 0.1) is 12.7 Å². The van der Waals surface area contributed by atoms with Crippen LogP contribution in [0.2, 0.25) is 0 Å². The van der Waals surface area contributed by atoms with Crippen molar-refractivity contribution in [3.63, 3.8) is 0 Å². The summed E-state index contributed by atoms with van der Waals surface area (Å²) >= 11 is 0. The molecule has 0 spiro atoms. The summed E-state index contributed by atoms with van der Waals surface area (Å²) in [5.41, 5.74) is 2.31. The van der Waals surface area contributed by atoms with E-state index in [1.165, 1.54) is 18.3 Å². The fraction of sp³-hybridized carbons (Fsp3) is 0.0500. The minimum absolute atomic E-state index is 0.347. The molecule has 0 radical (unpaired) electrons. The monoisotopic (exact) mass is 346 g/mol. The van der Waals surface area contributed by atoms with Gasteiger partial charge in [-0.05, 0) is 43.3 Å². The Kier molecular flexibility index (Phi) is 3.93. The fourth-order valence-electron chi connectivity index (χ4n) is 2.80. The molecule has 6 heteroatoms. The summed E-state index contributed by atoms with van der Waals surface area (Å²) in [5, 5.41) is 8.01. The second-order valence-electron chi connectivity index (χ2n) is 5.88. The van der Waals surface area contributed by atoms with Gasteiger partial charge in [-0.25, -0.2) is 14.1 Å². The Labute approximate surface area is 149 Å². The predicted molar refractivity (Wildman–Crippen MR) is 98.0 cm³/mol. The molecule has 0 saturated heterocycles. The second-order valence-corrected chi connectivity index (χ2v) is 5.88. The lowest BCUT2D eigenvalue weighted by Crippen LogP contribution is -2.13. The van der Waals surface area contributed by atoms with Crippen molar-refractivity contribution in [1.29, 1.82) is 0 Å². The van der Waals surface area contributed by atoms with E-state index < -0.39 is 5.82 Å². The summed E-state index contributed by atoms with van der Waals surface area (Å²) in [7, 11) is 0. The Morgan fingerprint density at radius 2 is 1.92 bits per heavy atom. The number of carbonyl (C=O) groups is 1.